The smallest absolute Gasteiger partial charge is 0.179 e. The summed E-state index contributed by atoms with van der Waals surface area (Å²) in [5, 5.41) is 2.89. The van der Waals surface area contributed by atoms with E-state index >= 15 is 0 Å². The molecule has 1 aromatic carbocycles. The topological polar surface area (TPSA) is 35.1 Å². The van der Waals surface area contributed by atoms with E-state index in [2.05, 4.69) is 19.2 Å². The normalized spacial score (nSPS) is 10.8. The largest absolute Gasteiger partial charge is 0.493 e. The van der Waals surface area contributed by atoms with Crippen LogP contribution in [0.5, 0.6) is 11.5 Å². The third-order valence-corrected chi connectivity index (χ3v) is 2.88. The molecule has 0 aromatic heterocycles. The molecule has 0 amide bonds. The number of halogens is 1. The molecule has 0 saturated heterocycles. The van der Waals surface area contributed by atoms with Gasteiger partial charge in [0.05, 0.1) is 25.3 Å². The summed E-state index contributed by atoms with van der Waals surface area (Å²) < 4.78 is 10.8. The zero-order valence-corrected chi connectivity index (χ0v) is 12.4. The molecule has 0 heterocycles. The van der Waals surface area contributed by atoms with Gasteiger partial charge in [-0.25, -0.2) is 0 Å². The maximum absolute atomic E-state index is 6.21. The first kappa shape index (κ1) is 15.1. The van der Waals surface area contributed by atoms with Gasteiger partial charge in [-0.1, -0.05) is 25.4 Å². The van der Waals surface area contributed by atoms with Crippen molar-refractivity contribution in [3.8, 4) is 11.5 Å². The lowest BCUT2D eigenvalue weighted by atomic mass is 10.1. The monoisotopic (exact) mass is 272 g/mol. The molecular weight excluding hydrogens is 250 g/mol. The standard InChI is InChI=1S/C14H22ClNO2/c1-5-18-14-12(15)6-11(7-13(14)17-4)9-16-8-10(2)3/h6-7,10,16H,5,8-9H2,1-4H3/p+1. The van der Waals surface area contributed by atoms with Gasteiger partial charge < -0.3 is 14.8 Å². The van der Waals surface area contributed by atoms with E-state index in [0.29, 0.717) is 29.0 Å². The van der Waals surface area contributed by atoms with Gasteiger partial charge >= 0.3 is 0 Å². The Kier molecular flexibility index (Phi) is 6.30. The molecule has 0 aliphatic rings. The van der Waals surface area contributed by atoms with Gasteiger partial charge in [0.2, 0.25) is 0 Å². The Labute approximate surface area is 114 Å². The van der Waals surface area contributed by atoms with Crippen molar-refractivity contribution in [1.29, 1.82) is 0 Å². The quantitative estimate of drug-likeness (QED) is 0.828. The Morgan fingerprint density at radius 2 is 2.06 bits per heavy atom. The van der Waals surface area contributed by atoms with E-state index in [1.807, 2.05) is 19.1 Å². The summed E-state index contributed by atoms with van der Waals surface area (Å²) in [7, 11) is 1.63. The van der Waals surface area contributed by atoms with E-state index < -0.39 is 0 Å². The van der Waals surface area contributed by atoms with Crippen molar-refractivity contribution in [2.75, 3.05) is 20.3 Å². The van der Waals surface area contributed by atoms with E-state index in [1.165, 1.54) is 0 Å². The highest BCUT2D eigenvalue weighted by Crippen LogP contribution is 2.36. The minimum Gasteiger partial charge on any atom is -0.493 e. The zero-order chi connectivity index (χ0) is 13.5. The van der Waals surface area contributed by atoms with E-state index in [1.54, 1.807) is 7.11 Å². The van der Waals surface area contributed by atoms with E-state index in [4.69, 9.17) is 21.1 Å². The van der Waals surface area contributed by atoms with Crippen molar-refractivity contribution in [1.82, 2.24) is 0 Å². The molecule has 0 radical (unpaired) electrons. The van der Waals surface area contributed by atoms with Crippen LogP contribution >= 0.6 is 11.6 Å². The molecule has 102 valence electrons. The van der Waals surface area contributed by atoms with Gasteiger partial charge in [-0.15, -0.1) is 0 Å². The van der Waals surface area contributed by atoms with E-state index in [0.717, 1.165) is 18.7 Å². The molecule has 0 unspecified atom stereocenters. The number of ether oxygens (including phenoxy) is 2. The summed E-state index contributed by atoms with van der Waals surface area (Å²) >= 11 is 6.21. The highest BCUT2D eigenvalue weighted by atomic mass is 35.5. The molecule has 1 rings (SSSR count). The van der Waals surface area contributed by atoms with Gasteiger partial charge in [0.1, 0.15) is 6.54 Å². The van der Waals surface area contributed by atoms with Crippen molar-refractivity contribution < 1.29 is 14.8 Å². The fourth-order valence-electron chi connectivity index (χ4n) is 1.76. The maximum atomic E-state index is 6.21. The third-order valence-electron chi connectivity index (χ3n) is 2.60. The van der Waals surface area contributed by atoms with Crippen LogP contribution in [0.3, 0.4) is 0 Å². The second-order valence-electron chi connectivity index (χ2n) is 4.66. The van der Waals surface area contributed by atoms with Crippen LogP contribution in [0.2, 0.25) is 5.02 Å². The van der Waals surface area contributed by atoms with Crippen LogP contribution in [-0.4, -0.2) is 20.3 Å². The minimum absolute atomic E-state index is 0.578. The highest BCUT2D eigenvalue weighted by Gasteiger charge is 2.12. The third kappa shape index (κ3) is 4.39. The summed E-state index contributed by atoms with van der Waals surface area (Å²) in [6.07, 6.45) is 0. The summed E-state index contributed by atoms with van der Waals surface area (Å²) in [5.74, 6) is 2.02. The first-order chi connectivity index (χ1) is 8.58. The first-order valence-corrected chi connectivity index (χ1v) is 6.77. The molecule has 2 N–H and O–H groups in total. The molecular formula is C14H23ClNO2+. The van der Waals surface area contributed by atoms with Crippen molar-refractivity contribution in [3.63, 3.8) is 0 Å². The number of benzene rings is 1. The summed E-state index contributed by atoms with van der Waals surface area (Å²) in [4.78, 5) is 0. The zero-order valence-electron chi connectivity index (χ0n) is 11.6. The summed E-state index contributed by atoms with van der Waals surface area (Å²) in [5.41, 5.74) is 1.15. The molecule has 1 aromatic rings. The first-order valence-electron chi connectivity index (χ1n) is 6.39. The predicted octanol–water partition coefficient (Wildman–Crippen LogP) is 2.47. The van der Waals surface area contributed by atoms with Gasteiger partial charge in [0.15, 0.2) is 11.5 Å². The Bertz CT molecular complexity index is 380. The van der Waals surface area contributed by atoms with Crippen LogP contribution < -0.4 is 14.8 Å². The lowest BCUT2D eigenvalue weighted by Gasteiger charge is -2.13. The second kappa shape index (κ2) is 7.49. The Balaban J connectivity index is 2.79. The predicted molar refractivity (Wildman–Crippen MR) is 74.5 cm³/mol. The fraction of sp³-hybridized carbons (Fsp3) is 0.571. The number of nitrogens with two attached hydrogens (primary N) is 1. The fourth-order valence-corrected chi connectivity index (χ4v) is 2.05. The second-order valence-corrected chi connectivity index (χ2v) is 5.07. The van der Waals surface area contributed by atoms with Gasteiger partial charge in [0, 0.05) is 11.5 Å². The molecule has 3 nitrogen and oxygen atoms in total. The molecule has 4 heteroatoms. The van der Waals surface area contributed by atoms with Crippen LogP contribution in [0.15, 0.2) is 12.1 Å². The molecule has 0 spiro atoms. The van der Waals surface area contributed by atoms with Crippen LogP contribution in [0.25, 0.3) is 0 Å². The molecule has 18 heavy (non-hydrogen) atoms. The Morgan fingerprint density at radius 3 is 2.61 bits per heavy atom. The SMILES string of the molecule is CCOc1c(Cl)cc(C[NH2+]CC(C)C)cc1OC. The average Bonchev–Trinajstić information content (AvgIpc) is 2.31. The summed E-state index contributed by atoms with van der Waals surface area (Å²) in [6.45, 7) is 8.94. The molecule has 0 fully saturated rings. The van der Waals surface area contributed by atoms with Crippen LogP contribution in [-0.2, 0) is 6.54 Å². The molecule has 0 atom stereocenters. The van der Waals surface area contributed by atoms with E-state index in [9.17, 15) is 0 Å². The van der Waals surface area contributed by atoms with Crippen LogP contribution in [0.4, 0.5) is 0 Å². The van der Waals surface area contributed by atoms with Gasteiger partial charge in [-0.3, -0.25) is 0 Å². The van der Waals surface area contributed by atoms with Crippen LogP contribution in [0, 0.1) is 5.92 Å². The maximum Gasteiger partial charge on any atom is 0.179 e. The average molecular weight is 273 g/mol. The molecule has 0 saturated carbocycles. The van der Waals surface area contributed by atoms with Crippen molar-refractivity contribution >= 4 is 11.6 Å². The Morgan fingerprint density at radius 1 is 1.33 bits per heavy atom. The number of hydrogen-bond donors (Lipinski definition) is 1. The van der Waals surface area contributed by atoms with Crippen molar-refractivity contribution in [2.24, 2.45) is 5.92 Å². The van der Waals surface area contributed by atoms with E-state index in [-0.39, 0.29) is 0 Å². The molecule has 0 aliphatic carbocycles. The number of hydrogen-bond acceptors (Lipinski definition) is 2. The summed E-state index contributed by atoms with van der Waals surface area (Å²) in [6, 6.07) is 3.94. The van der Waals surface area contributed by atoms with Gasteiger partial charge in [-0.2, -0.15) is 0 Å². The van der Waals surface area contributed by atoms with Gasteiger partial charge in [0.25, 0.3) is 0 Å². The van der Waals surface area contributed by atoms with Crippen LogP contribution in [0.1, 0.15) is 26.3 Å². The number of methoxy groups -OCH3 is 1. The van der Waals surface area contributed by atoms with Gasteiger partial charge in [-0.05, 0) is 19.1 Å². The highest BCUT2D eigenvalue weighted by molar-refractivity contribution is 6.32. The van der Waals surface area contributed by atoms with Crippen molar-refractivity contribution in [3.05, 3.63) is 22.7 Å². The molecule has 0 bridgehead atoms. The number of quaternary nitrogens is 1. The lowest BCUT2D eigenvalue weighted by Crippen LogP contribution is -2.83. The van der Waals surface area contributed by atoms with Crippen molar-refractivity contribution in [2.45, 2.75) is 27.3 Å². The Hall–Kier alpha value is -0.930. The lowest BCUT2D eigenvalue weighted by molar-refractivity contribution is -0.675. The molecule has 0 aliphatic heterocycles. The number of rotatable bonds is 7. The minimum atomic E-state index is 0.578.